The van der Waals surface area contributed by atoms with Gasteiger partial charge in [0.2, 0.25) is 0 Å². The maximum Gasteiger partial charge on any atom is 0.0991 e. The van der Waals surface area contributed by atoms with Crippen LogP contribution in [-0.4, -0.2) is 4.57 Å². The number of fused-ring (bicyclic) bond motifs is 7. The minimum atomic E-state index is -0.373. The van der Waals surface area contributed by atoms with Crippen molar-refractivity contribution >= 4 is 27.5 Å². The number of nitrogens with zero attached hydrogens (tertiary/aromatic N) is 2. The second-order valence-electron chi connectivity index (χ2n) is 13.1. The number of hydrogen-bond acceptors (Lipinski definition) is 3. The van der Waals surface area contributed by atoms with Crippen molar-refractivity contribution in [3.8, 4) is 22.9 Å². The highest BCUT2D eigenvalue weighted by Gasteiger charge is 2.37. The summed E-state index contributed by atoms with van der Waals surface area (Å²) in [6.45, 7) is 5.30. The Morgan fingerprint density at radius 3 is 2.42 bits per heavy atom. The first-order valence-corrected chi connectivity index (χ1v) is 16.5. The molecule has 0 bridgehead atoms. The fraction of sp³-hybridized carbons (Fsp3) is 0.114. The second-order valence-corrected chi connectivity index (χ2v) is 13.1. The molecule has 48 heavy (non-hydrogen) atoms. The molecule has 0 radical (unpaired) electrons. The Morgan fingerprint density at radius 2 is 1.56 bits per heavy atom. The van der Waals surface area contributed by atoms with E-state index in [4.69, 9.17) is 5.73 Å². The molecule has 3 N–H and O–H groups in total. The van der Waals surface area contributed by atoms with Gasteiger partial charge >= 0.3 is 0 Å². The van der Waals surface area contributed by atoms with Crippen molar-refractivity contribution in [2.24, 2.45) is 5.73 Å². The molecule has 0 aliphatic heterocycles. The molecule has 8 rings (SSSR count). The molecule has 1 aliphatic rings. The SMILES string of the molecule is CC1(C)c2ccccc2-c2c1ccc1c2c2ccccc2n1-c1cccc(CN/C(=C\C(N)c2cccc(C#N)c2)c2ccccc2)c1. The molecule has 0 saturated heterocycles. The van der Waals surface area contributed by atoms with Crippen LogP contribution in [-0.2, 0) is 12.0 Å². The highest BCUT2D eigenvalue weighted by atomic mass is 15.0. The van der Waals surface area contributed by atoms with Gasteiger partial charge in [-0.3, -0.25) is 0 Å². The second kappa shape index (κ2) is 11.7. The van der Waals surface area contributed by atoms with E-state index in [1.54, 1.807) is 6.07 Å². The van der Waals surface area contributed by atoms with Gasteiger partial charge in [-0.15, -0.1) is 0 Å². The lowest BCUT2D eigenvalue weighted by atomic mass is 9.82. The standard InChI is InChI=1S/C44H36N4/c1-44(2)36-20-8-6-18-34(36)42-37(44)22-23-41-43(42)35-19-7-9-21-40(35)48(41)33-17-11-13-30(25-33)28-47-39(31-14-4-3-5-15-31)26-38(46)32-16-10-12-29(24-32)27-45/h3-26,38,47H,28,46H2,1-2H3/b39-26-. The lowest BCUT2D eigenvalue weighted by Gasteiger charge is -2.21. The molecule has 0 spiro atoms. The van der Waals surface area contributed by atoms with E-state index in [0.717, 1.165) is 28.1 Å². The number of nitrogens with one attached hydrogen (secondary N) is 1. The van der Waals surface area contributed by atoms with Crippen molar-refractivity contribution in [2.45, 2.75) is 31.8 Å². The van der Waals surface area contributed by atoms with Gasteiger partial charge in [0, 0.05) is 34.1 Å². The average molecular weight is 621 g/mol. The molecule has 0 fully saturated rings. The summed E-state index contributed by atoms with van der Waals surface area (Å²) in [4.78, 5) is 0. The Kier molecular flexibility index (Phi) is 7.21. The van der Waals surface area contributed by atoms with Gasteiger partial charge in [0.15, 0.2) is 0 Å². The lowest BCUT2D eigenvalue weighted by Crippen LogP contribution is -2.16. The summed E-state index contributed by atoms with van der Waals surface area (Å²) < 4.78 is 2.41. The van der Waals surface area contributed by atoms with Crippen LogP contribution in [0.15, 0.2) is 146 Å². The minimum Gasteiger partial charge on any atom is -0.381 e. The van der Waals surface area contributed by atoms with E-state index in [9.17, 15) is 5.26 Å². The summed E-state index contributed by atoms with van der Waals surface area (Å²) in [6.07, 6.45) is 2.04. The van der Waals surface area contributed by atoms with Crippen LogP contribution in [0.1, 0.15) is 53.3 Å². The maximum atomic E-state index is 9.40. The zero-order valence-corrected chi connectivity index (χ0v) is 27.1. The summed E-state index contributed by atoms with van der Waals surface area (Å²) in [5.41, 5.74) is 20.3. The van der Waals surface area contributed by atoms with E-state index in [2.05, 4.69) is 127 Å². The number of hydrogen-bond donors (Lipinski definition) is 2. The zero-order chi connectivity index (χ0) is 32.8. The first-order valence-electron chi connectivity index (χ1n) is 16.5. The molecular formula is C44H36N4. The monoisotopic (exact) mass is 620 g/mol. The van der Waals surface area contributed by atoms with Gasteiger partial charge < -0.3 is 15.6 Å². The van der Waals surface area contributed by atoms with Crippen LogP contribution in [0, 0.1) is 11.3 Å². The molecular weight excluding hydrogens is 585 g/mol. The van der Waals surface area contributed by atoms with Crippen LogP contribution in [0.2, 0.25) is 0 Å². The molecule has 6 aromatic carbocycles. The van der Waals surface area contributed by atoms with Crippen molar-refractivity contribution in [1.82, 2.24) is 9.88 Å². The van der Waals surface area contributed by atoms with Crippen LogP contribution >= 0.6 is 0 Å². The Bertz CT molecular complexity index is 2410. The van der Waals surface area contributed by atoms with Gasteiger partial charge in [0.1, 0.15) is 0 Å². The number of nitriles is 1. The number of para-hydroxylation sites is 1. The van der Waals surface area contributed by atoms with Crippen LogP contribution in [0.3, 0.4) is 0 Å². The molecule has 4 heteroatoms. The smallest absolute Gasteiger partial charge is 0.0991 e. The van der Waals surface area contributed by atoms with Gasteiger partial charge in [0.05, 0.1) is 28.7 Å². The average Bonchev–Trinajstić information content (AvgIpc) is 3.59. The van der Waals surface area contributed by atoms with E-state index in [1.165, 1.54) is 44.1 Å². The van der Waals surface area contributed by atoms with Crippen molar-refractivity contribution < 1.29 is 0 Å². The van der Waals surface area contributed by atoms with Crippen LogP contribution in [0.25, 0.3) is 44.3 Å². The van der Waals surface area contributed by atoms with Crippen molar-refractivity contribution in [2.75, 3.05) is 0 Å². The predicted octanol–water partition coefficient (Wildman–Crippen LogP) is 9.79. The predicted molar refractivity (Wildman–Crippen MR) is 198 cm³/mol. The molecule has 1 aromatic heterocycles. The van der Waals surface area contributed by atoms with E-state index < -0.39 is 0 Å². The molecule has 1 unspecified atom stereocenters. The zero-order valence-electron chi connectivity index (χ0n) is 27.1. The summed E-state index contributed by atoms with van der Waals surface area (Å²) in [7, 11) is 0. The molecule has 0 saturated carbocycles. The van der Waals surface area contributed by atoms with E-state index in [-0.39, 0.29) is 11.5 Å². The third kappa shape index (κ3) is 4.88. The highest BCUT2D eigenvalue weighted by Crippen LogP contribution is 2.53. The van der Waals surface area contributed by atoms with Crippen molar-refractivity contribution in [3.05, 3.63) is 179 Å². The first-order chi connectivity index (χ1) is 23.4. The molecule has 7 aromatic rings. The minimum absolute atomic E-state index is 0.0556. The fourth-order valence-corrected chi connectivity index (χ4v) is 7.50. The lowest BCUT2D eigenvalue weighted by molar-refractivity contribution is 0.661. The molecule has 4 nitrogen and oxygen atoms in total. The largest absolute Gasteiger partial charge is 0.381 e. The van der Waals surface area contributed by atoms with Crippen LogP contribution in [0.5, 0.6) is 0 Å². The number of benzene rings is 6. The number of rotatable bonds is 7. The van der Waals surface area contributed by atoms with Crippen LogP contribution < -0.4 is 11.1 Å². The Labute approximate surface area is 281 Å². The maximum absolute atomic E-state index is 9.40. The molecule has 1 aliphatic carbocycles. The third-order valence-electron chi connectivity index (χ3n) is 9.87. The van der Waals surface area contributed by atoms with Gasteiger partial charge in [-0.05, 0) is 81.4 Å². The molecule has 232 valence electrons. The Hall–Kier alpha value is -5.89. The molecule has 0 amide bonds. The van der Waals surface area contributed by atoms with Crippen molar-refractivity contribution in [3.63, 3.8) is 0 Å². The highest BCUT2D eigenvalue weighted by molar-refractivity contribution is 6.17. The summed E-state index contributed by atoms with van der Waals surface area (Å²) in [5, 5.41) is 15.7. The van der Waals surface area contributed by atoms with E-state index in [1.807, 2.05) is 42.5 Å². The topological polar surface area (TPSA) is 66.8 Å². The van der Waals surface area contributed by atoms with Gasteiger partial charge in [-0.2, -0.15) is 5.26 Å². The van der Waals surface area contributed by atoms with Crippen molar-refractivity contribution in [1.29, 1.82) is 5.26 Å². The van der Waals surface area contributed by atoms with Gasteiger partial charge in [0.25, 0.3) is 0 Å². The third-order valence-corrected chi connectivity index (χ3v) is 9.87. The normalized spacial score (nSPS) is 14.0. The molecule has 1 atom stereocenters. The Balaban J connectivity index is 1.19. The molecule has 1 heterocycles. The van der Waals surface area contributed by atoms with E-state index in [0.29, 0.717) is 12.1 Å². The number of nitrogens with two attached hydrogens (primary N) is 1. The van der Waals surface area contributed by atoms with E-state index >= 15 is 0 Å². The van der Waals surface area contributed by atoms with Gasteiger partial charge in [-0.25, -0.2) is 0 Å². The van der Waals surface area contributed by atoms with Crippen LogP contribution in [0.4, 0.5) is 0 Å². The summed E-state index contributed by atoms with van der Waals surface area (Å²) in [5.74, 6) is 0. The fourth-order valence-electron chi connectivity index (χ4n) is 7.50. The Morgan fingerprint density at radius 1 is 0.792 bits per heavy atom. The summed E-state index contributed by atoms with van der Waals surface area (Å²) >= 11 is 0. The van der Waals surface area contributed by atoms with Gasteiger partial charge in [-0.1, -0.05) is 117 Å². The first kappa shape index (κ1) is 29.5. The summed E-state index contributed by atoms with van der Waals surface area (Å²) in [6, 6.07) is 50.7. The number of aromatic nitrogens is 1. The quantitative estimate of drug-likeness (QED) is 0.186.